The molecule has 0 unspecified atom stereocenters. The van der Waals surface area contributed by atoms with Crippen LogP contribution in [0.4, 0.5) is 0 Å². The van der Waals surface area contributed by atoms with Crippen LogP contribution in [0.2, 0.25) is 0 Å². The molecule has 0 fully saturated rings. The van der Waals surface area contributed by atoms with Gasteiger partial charge in [-0.1, -0.05) is 212 Å². The maximum Gasteiger partial charge on any atom is 0.0159 e. The van der Waals surface area contributed by atoms with E-state index in [0.29, 0.717) is 0 Å². The summed E-state index contributed by atoms with van der Waals surface area (Å²) in [4.78, 5) is 0. The Labute approximate surface area is 438 Å². The van der Waals surface area contributed by atoms with Crippen LogP contribution in [0.15, 0.2) is 194 Å². The van der Waals surface area contributed by atoms with Crippen LogP contribution in [-0.2, 0) is 21.7 Å². The van der Waals surface area contributed by atoms with E-state index in [4.69, 9.17) is 0 Å². The largest absolute Gasteiger partial charge is 0.0614 e. The molecule has 0 bridgehead atoms. The molecule has 0 saturated heterocycles. The first-order valence-corrected chi connectivity index (χ1v) is 26.8. The zero-order chi connectivity index (χ0) is 50.8. The summed E-state index contributed by atoms with van der Waals surface area (Å²) in [5.74, 6) is 0. The van der Waals surface area contributed by atoms with Crippen LogP contribution in [0.3, 0.4) is 0 Å². The van der Waals surface area contributed by atoms with Crippen molar-refractivity contribution in [3.63, 3.8) is 0 Å². The van der Waals surface area contributed by atoms with Crippen LogP contribution in [0.25, 0.3) is 100 Å². The zero-order valence-electron chi connectivity index (χ0n) is 44.5. The van der Waals surface area contributed by atoms with Crippen molar-refractivity contribution in [2.45, 2.75) is 90.9 Å². The molecule has 0 atom stereocenters. The Morgan fingerprint density at radius 1 is 0.189 bits per heavy atom. The lowest BCUT2D eigenvalue weighted by molar-refractivity contribution is 0.659. The van der Waals surface area contributed by atoms with Crippen molar-refractivity contribution in [2.24, 2.45) is 0 Å². The molecule has 4 aliphatic rings. The first-order valence-electron chi connectivity index (χ1n) is 26.8. The molecule has 14 rings (SSSR count). The average molecular weight is 951 g/mol. The Morgan fingerprint density at radius 3 is 0.514 bits per heavy atom. The third-order valence-electron chi connectivity index (χ3n) is 18.4. The van der Waals surface area contributed by atoms with Crippen molar-refractivity contribution < 1.29 is 0 Å². The molecule has 0 spiro atoms. The van der Waals surface area contributed by atoms with Crippen LogP contribution in [0.1, 0.15) is 111 Å². The molecule has 0 heterocycles. The highest BCUT2D eigenvalue weighted by atomic mass is 14.4. The highest BCUT2D eigenvalue weighted by molar-refractivity contribution is 5.92. The SMILES string of the molecule is Cc1cccc(-c2ccc3c(c2)C(C)(C)c2cc(-c4ccc5c(c4)C(C)(C)c4cc(-c6ccc7c(c6)C(C)(C)c6cc(-c8ccc9c(c8)C(C)(C)c8cc(-c%10cccc(C)c%10)ccc8-9)ccc6-7)ccc4-5)ccc2-3)c1. The molecular formula is C74H62. The maximum atomic E-state index is 2.49. The molecule has 74 heavy (non-hydrogen) atoms. The van der Waals surface area contributed by atoms with E-state index >= 15 is 0 Å². The van der Waals surface area contributed by atoms with Gasteiger partial charge in [0.15, 0.2) is 0 Å². The summed E-state index contributed by atoms with van der Waals surface area (Å²) in [6, 6.07) is 75.1. The van der Waals surface area contributed by atoms with E-state index in [2.05, 4.69) is 263 Å². The Bertz CT molecular complexity index is 3820. The van der Waals surface area contributed by atoms with Gasteiger partial charge in [0, 0.05) is 21.7 Å². The Balaban J connectivity index is 0.741. The van der Waals surface area contributed by atoms with Crippen molar-refractivity contribution in [3.8, 4) is 100 Å². The molecule has 10 aromatic rings. The molecule has 10 aromatic carbocycles. The summed E-state index contributed by atoms with van der Waals surface area (Å²) < 4.78 is 0. The fourth-order valence-corrected chi connectivity index (χ4v) is 14.0. The highest BCUT2D eigenvalue weighted by Crippen LogP contribution is 2.56. The predicted molar refractivity (Wildman–Crippen MR) is 313 cm³/mol. The van der Waals surface area contributed by atoms with E-state index < -0.39 is 0 Å². The topological polar surface area (TPSA) is 0 Å². The van der Waals surface area contributed by atoms with E-state index in [9.17, 15) is 0 Å². The van der Waals surface area contributed by atoms with E-state index in [1.54, 1.807) is 0 Å². The van der Waals surface area contributed by atoms with Crippen LogP contribution in [0, 0.1) is 13.8 Å². The summed E-state index contributed by atoms with van der Waals surface area (Å²) in [5.41, 5.74) is 36.9. The zero-order valence-corrected chi connectivity index (χ0v) is 44.5. The number of hydrogen-bond acceptors (Lipinski definition) is 0. The first-order chi connectivity index (χ1) is 35.5. The normalized spacial score (nSPS) is 15.9. The second-order valence-electron chi connectivity index (χ2n) is 24.3. The van der Waals surface area contributed by atoms with E-state index in [1.165, 1.54) is 156 Å². The predicted octanol–water partition coefficient (Wildman–Crippen LogP) is 19.9. The number of aryl methyl sites for hydroxylation is 2. The first kappa shape index (κ1) is 44.9. The summed E-state index contributed by atoms with van der Waals surface area (Å²) in [6.07, 6.45) is 0. The quantitative estimate of drug-likeness (QED) is 0.161. The molecule has 0 saturated carbocycles. The molecular weight excluding hydrogens is 889 g/mol. The Hall–Kier alpha value is -7.80. The van der Waals surface area contributed by atoms with Gasteiger partial charge in [-0.15, -0.1) is 0 Å². The van der Waals surface area contributed by atoms with Gasteiger partial charge in [-0.3, -0.25) is 0 Å². The van der Waals surface area contributed by atoms with E-state index in [0.717, 1.165) is 0 Å². The summed E-state index contributed by atoms with van der Waals surface area (Å²) in [5, 5.41) is 0. The Morgan fingerprint density at radius 2 is 0.351 bits per heavy atom. The molecule has 0 aliphatic heterocycles. The van der Waals surface area contributed by atoms with Crippen molar-refractivity contribution in [3.05, 3.63) is 250 Å². The molecule has 0 amide bonds. The van der Waals surface area contributed by atoms with Gasteiger partial charge in [-0.2, -0.15) is 0 Å². The molecule has 0 radical (unpaired) electrons. The van der Waals surface area contributed by atoms with Gasteiger partial charge in [-0.05, 0) is 207 Å². The average Bonchev–Trinajstić information content (AvgIpc) is 3.96. The number of rotatable bonds is 5. The monoisotopic (exact) mass is 950 g/mol. The van der Waals surface area contributed by atoms with Crippen LogP contribution >= 0.6 is 0 Å². The van der Waals surface area contributed by atoms with Gasteiger partial charge in [0.1, 0.15) is 0 Å². The summed E-state index contributed by atoms with van der Waals surface area (Å²) >= 11 is 0. The maximum absolute atomic E-state index is 2.49. The minimum absolute atomic E-state index is 0.107. The fraction of sp³-hybridized carbons (Fsp3) is 0.189. The van der Waals surface area contributed by atoms with Gasteiger partial charge < -0.3 is 0 Å². The molecule has 0 nitrogen and oxygen atoms in total. The van der Waals surface area contributed by atoms with Gasteiger partial charge in [0.2, 0.25) is 0 Å². The second-order valence-corrected chi connectivity index (χ2v) is 24.3. The lowest BCUT2D eigenvalue weighted by atomic mass is 9.79. The minimum atomic E-state index is -0.155. The second kappa shape index (κ2) is 15.4. The fourth-order valence-electron chi connectivity index (χ4n) is 14.0. The van der Waals surface area contributed by atoms with E-state index in [-0.39, 0.29) is 21.7 Å². The minimum Gasteiger partial charge on any atom is -0.0614 e. The van der Waals surface area contributed by atoms with Crippen molar-refractivity contribution in [1.82, 2.24) is 0 Å². The Kier molecular flexibility index (Phi) is 9.32. The van der Waals surface area contributed by atoms with Gasteiger partial charge >= 0.3 is 0 Å². The van der Waals surface area contributed by atoms with E-state index in [1.807, 2.05) is 0 Å². The van der Waals surface area contributed by atoms with Crippen LogP contribution in [-0.4, -0.2) is 0 Å². The van der Waals surface area contributed by atoms with Crippen molar-refractivity contribution >= 4 is 0 Å². The lowest BCUT2D eigenvalue weighted by Crippen LogP contribution is -2.16. The molecule has 0 N–H and O–H groups in total. The smallest absolute Gasteiger partial charge is 0.0159 e. The van der Waals surface area contributed by atoms with Gasteiger partial charge in [0.25, 0.3) is 0 Å². The summed E-state index contributed by atoms with van der Waals surface area (Å²) in [6.45, 7) is 23.6. The number of hydrogen-bond donors (Lipinski definition) is 0. The van der Waals surface area contributed by atoms with Crippen LogP contribution in [0.5, 0.6) is 0 Å². The third kappa shape index (κ3) is 6.40. The van der Waals surface area contributed by atoms with Crippen molar-refractivity contribution in [1.29, 1.82) is 0 Å². The summed E-state index contributed by atoms with van der Waals surface area (Å²) in [7, 11) is 0. The molecule has 4 aliphatic carbocycles. The molecule has 358 valence electrons. The molecule has 0 heteroatoms. The molecule has 0 aromatic heterocycles. The third-order valence-corrected chi connectivity index (χ3v) is 18.4. The van der Waals surface area contributed by atoms with Gasteiger partial charge in [0.05, 0.1) is 0 Å². The number of benzene rings is 10. The van der Waals surface area contributed by atoms with Gasteiger partial charge in [-0.25, -0.2) is 0 Å². The highest BCUT2D eigenvalue weighted by Gasteiger charge is 2.40. The standard InChI is InChI=1S/C74H62/c1-43-13-11-15-45(33-43)47-17-25-55-57-27-19-49(37-65(57)71(3,4)63(55)35-47)51-21-29-59-61-31-23-53(41-69(61)73(7,8)67(59)39-51)54-24-32-62-60-30-22-52(40-68(60)74(9,10)70(62)42-54)50-20-28-58-56-26-18-48(46-16-12-14-44(2)34-46)36-64(56)72(5,6)66(58)38-50/h11-42H,1-10H3. The number of fused-ring (bicyclic) bond motifs is 12. The lowest BCUT2D eigenvalue weighted by Gasteiger charge is -2.24. The van der Waals surface area contributed by atoms with Crippen LogP contribution < -0.4 is 0 Å². The van der Waals surface area contributed by atoms with Crippen molar-refractivity contribution in [2.75, 3.05) is 0 Å².